The molecule has 1 aliphatic rings. The first kappa shape index (κ1) is 15.9. The maximum Gasteiger partial charge on any atom is 0.0789 e. The van der Waals surface area contributed by atoms with Gasteiger partial charge in [-0.25, -0.2) is 0 Å². The van der Waals surface area contributed by atoms with Crippen molar-refractivity contribution >= 4 is 17.2 Å². The fourth-order valence-corrected chi connectivity index (χ4v) is 3.15. The van der Waals surface area contributed by atoms with Gasteiger partial charge in [-0.2, -0.15) is 0 Å². The quantitative estimate of drug-likeness (QED) is 0.781. The number of thiocarbonyl (C=S) groups is 1. The fraction of sp³-hybridized carbons (Fsp3) is 0.929. The van der Waals surface area contributed by atoms with Crippen molar-refractivity contribution in [2.75, 3.05) is 6.54 Å². The lowest BCUT2D eigenvalue weighted by molar-refractivity contribution is -0.0829. The monoisotopic (exact) mass is 272 g/mol. The minimum Gasteiger partial charge on any atom is -0.393 e. The second-order valence-electron chi connectivity index (χ2n) is 6.73. The Morgan fingerprint density at radius 1 is 1.39 bits per heavy atom. The number of ether oxygens (including phenoxy) is 1. The third-order valence-electron chi connectivity index (χ3n) is 3.71. The van der Waals surface area contributed by atoms with Gasteiger partial charge in [0.1, 0.15) is 0 Å². The van der Waals surface area contributed by atoms with Crippen LogP contribution in [0.5, 0.6) is 0 Å². The number of nitrogens with zero attached hydrogens (tertiary/aromatic N) is 1. The SMILES string of the molecule is CC(C)N(CCC(N)=S)C1CC(C)(C)OC1(C)C. The molecule has 18 heavy (non-hydrogen) atoms. The lowest BCUT2D eigenvalue weighted by atomic mass is 9.92. The molecule has 0 amide bonds. The van der Waals surface area contributed by atoms with Crippen molar-refractivity contribution in [1.82, 2.24) is 4.90 Å². The van der Waals surface area contributed by atoms with Crippen LogP contribution in [0.15, 0.2) is 0 Å². The molecular weight excluding hydrogens is 244 g/mol. The molecule has 4 heteroatoms. The van der Waals surface area contributed by atoms with E-state index >= 15 is 0 Å². The molecule has 1 aliphatic heterocycles. The van der Waals surface area contributed by atoms with Crippen molar-refractivity contribution in [2.24, 2.45) is 5.73 Å². The van der Waals surface area contributed by atoms with Crippen LogP contribution in [0.1, 0.15) is 54.4 Å². The van der Waals surface area contributed by atoms with Gasteiger partial charge in [0.05, 0.1) is 16.2 Å². The minimum absolute atomic E-state index is 0.0511. The highest BCUT2D eigenvalue weighted by molar-refractivity contribution is 7.80. The standard InChI is InChI=1S/C14H28N2OS/c1-10(2)16(8-7-12(15)18)11-9-13(3,4)17-14(11,5)6/h10-11H,7-9H2,1-6H3,(H2,15,18). The van der Waals surface area contributed by atoms with Crippen LogP contribution < -0.4 is 5.73 Å². The molecule has 1 atom stereocenters. The highest BCUT2D eigenvalue weighted by Crippen LogP contribution is 2.40. The molecule has 106 valence electrons. The van der Waals surface area contributed by atoms with E-state index in [9.17, 15) is 0 Å². The Bertz CT molecular complexity index is 313. The first-order chi connectivity index (χ1) is 8.05. The first-order valence-corrected chi connectivity index (χ1v) is 7.20. The second-order valence-corrected chi connectivity index (χ2v) is 7.26. The highest BCUT2D eigenvalue weighted by atomic mass is 32.1. The molecule has 0 saturated carbocycles. The van der Waals surface area contributed by atoms with Crippen LogP contribution in [-0.2, 0) is 4.74 Å². The van der Waals surface area contributed by atoms with Crippen molar-refractivity contribution in [2.45, 2.75) is 77.7 Å². The molecule has 2 N–H and O–H groups in total. The van der Waals surface area contributed by atoms with Gasteiger partial charge in [-0.15, -0.1) is 0 Å². The molecule has 3 nitrogen and oxygen atoms in total. The smallest absolute Gasteiger partial charge is 0.0789 e. The van der Waals surface area contributed by atoms with E-state index in [1.165, 1.54) is 0 Å². The third-order valence-corrected chi connectivity index (χ3v) is 3.91. The van der Waals surface area contributed by atoms with E-state index in [2.05, 4.69) is 46.4 Å². The molecule has 1 saturated heterocycles. The van der Waals surface area contributed by atoms with Gasteiger partial charge in [0.15, 0.2) is 0 Å². The van der Waals surface area contributed by atoms with E-state index in [1.807, 2.05) is 0 Å². The van der Waals surface area contributed by atoms with Crippen molar-refractivity contribution in [1.29, 1.82) is 0 Å². The van der Waals surface area contributed by atoms with Gasteiger partial charge in [0.25, 0.3) is 0 Å². The number of nitrogens with two attached hydrogens (primary N) is 1. The summed E-state index contributed by atoms with van der Waals surface area (Å²) in [5.41, 5.74) is 5.46. The summed E-state index contributed by atoms with van der Waals surface area (Å²) in [6, 6.07) is 0.892. The average Bonchev–Trinajstić information content (AvgIpc) is 2.33. The summed E-state index contributed by atoms with van der Waals surface area (Å²) < 4.78 is 6.18. The molecule has 0 aliphatic carbocycles. The Morgan fingerprint density at radius 2 is 1.94 bits per heavy atom. The molecule has 1 unspecified atom stereocenters. The maximum absolute atomic E-state index is 6.18. The van der Waals surface area contributed by atoms with Crippen LogP contribution in [0.2, 0.25) is 0 Å². The van der Waals surface area contributed by atoms with Gasteiger partial charge < -0.3 is 10.5 Å². The zero-order chi connectivity index (χ0) is 14.1. The topological polar surface area (TPSA) is 38.5 Å². The van der Waals surface area contributed by atoms with E-state index in [0.29, 0.717) is 17.1 Å². The van der Waals surface area contributed by atoms with Gasteiger partial charge in [-0.05, 0) is 48.0 Å². The Balaban J connectivity index is 2.82. The Hall–Kier alpha value is -0.190. The van der Waals surface area contributed by atoms with Crippen molar-refractivity contribution in [3.8, 4) is 0 Å². The summed E-state index contributed by atoms with van der Waals surface area (Å²) >= 11 is 5.00. The zero-order valence-corrected chi connectivity index (χ0v) is 13.4. The zero-order valence-electron chi connectivity index (χ0n) is 12.6. The first-order valence-electron chi connectivity index (χ1n) is 6.79. The maximum atomic E-state index is 6.18. The molecule has 0 aromatic heterocycles. The highest BCUT2D eigenvalue weighted by Gasteiger charge is 2.48. The fourth-order valence-electron chi connectivity index (χ4n) is 3.06. The van der Waals surface area contributed by atoms with Crippen LogP contribution in [0.25, 0.3) is 0 Å². The number of rotatable bonds is 5. The molecule has 1 heterocycles. The molecule has 0 bridgehead atoms. The minimum atomic E-state index is -0.121. The molecule has 1 fully saturated rings. The predicted molar refractivity (Wildman–Crippen MR) is 80.9 cm³/mol. The van der Waals surface area contributed by atoms with Crippen LogP contribution >= 0.6 is 12.2 Å². The van der Waals surface area contributed by atoms with Gasteiger partial charge in [0.2, 0.25) is 0 Å². The van der Waals surface area contributed by atoms with E-state index in [1.54, 1.807) is 0 Å². The summed E-state index contributed by atoms with van der Waals surface area (Å²) in [7, 11) is 0. The number of hydrogen-bond acceptors (Lipinski definition) is 3. The lowest BCUT2D eigenvalue weighted by Crippen LogP contribution is -2.50. The van der Waals surface area contributed by atoms with Crippen molar-refractivity contribution in [3.63, 3.8) is 0 Å². The van der Waals surface area contributed by atoms with Crippen molar-refractivity contribution < 1.29 is 4.74 Å². The predicted octanol–water partition coefficient (Wildman–Crippen LogP) is 2.72. The summed E-state index contributed by atoms with van der Waals surface area (Å²) in [5.74, 6) is 0. The van der Waals surface area contributed by atoms with E-state index in [-0.39, 0.29) is 11.2 Å². The molecule has 0 radical (unpaired) electrons. The summed E-state index contributed by atoms with van der Waals surface area (Å²) in [4.78, 5) is 3.07. The largest absolute Gasteiger partial charge is 0.393 e. The van der Waals surface area contributed by atoms with Gasteiger partial charge in [-0.1, -0.05) is 12.2 Å². The van der Waals surface area contributed by atoms with Crippen molar-refractivity contribution in [3.05, 3.63) is 0 Å². The van der Waals surface area contributed by atoms with Gasteiger partial charge in [0, 0.05) is 25.0 Å². The average molecular weight is 272 g/mol. The lowest BCUT2D eigenvalue weighted by Gasteiger charge is -2.39. The third kappa shape index (κ3) is 3.90. The van der Waals surface area contributed by atoms with Crippen LogP contribution in [0, 0.1) is 0 Å². The van der Waals surface area contributed by atoms with E-state index in [4.69, 9.17) is 22.7 Å². The molecule has 0 aromatic carbocycles. The normalized spacial score (nSPS) is 25.9. The van der Waals surface area contributed by atoms with Crippen LogP contribution in [-0.4, -0.2) is 39.7 Å². The van der Waals surface area contributed by atoms with Gasteiger partial charge >= 0.3 is 0 Å². The van der Waals surface area contributed by atoms with E-state index in [0.717, 1.165) is 19.4 Å². The Morgan fingerprint density at radius 3 is 2.28 bits per heavy atom. The summed E-state index contributed by atoms with van der Waals surface area (Å²) in [6.07, 6.45) is 1.83. The molecule has 0 spiro atoms. The summed E-state index contributed by atoms with van der Waals surface area (Å²) in [6.45, 7) is 14.1. The molecule has 0 aromatic rings. The van der Waals surface area contributed by atoms with Crippen LogP contribution in [0.4, 0.5) is 0 Å². The Kier molecular flexibility index (Phi) is 4.79. The molecular formula is C14H28N2OS. The summed E-state index contributed by atoms with van der Waals surface area (Å²) in [5, 5.41) is 0. The van der Waals surface area contributed by atoms with E-state index < -0.39 is 0 Å². The molecule has 1 rings (SSSR count). The van der Waals surface area contributed by atoms with Gasteiger partial charge in [-0.3, -0.25) is 4.90 Å². The number of hydrogen-bond donors (Lipinski definition) is 1. The van der Waals surface area contributed by atoms with Crippen LogP contribution in [0.3, 0.4) is 0 Å². The Labute approximate surface area is 117 Å². The second kappa shape index (κ2) is 5.43.